The molecular formula is C19H21NO2. The van der Waals surface area contributed by atoms with Gasteiger partial charge in [0.15, 0.2) is 0 Å². The molecule has 3 aromatic rings. The zero-order valence-electron chi connectivity index (χ0n) is 13.2. The van der Waals surface area contributed by atoms with Gasteiger partial charge in [0.1, 0.15) is 18.1 Å². The fourth-order valence-electron chi connectivity index (χ4n) is 2.87. The Labute approximate surface area is 130 Å². The molecule has 114 valence electrons. The molecule has 3 rings (SSSR count). The SMILES string of the molecule is Cc1ccccc1OCc1cc2cc(O)ccc2n1C(C)C. The highest BCUT2D eigenvalue weighted by Gasteiger charge is 2.12. The molecule has 0 aliphatic heterocycles. The first kappa shape index (κ1) is 14.5. The third-order valence-corrected chi connectivity index (χ3v) is 3.89. The van der Waals surface area contributed by atoms with Crippen LogP contribution in [-0.2, 0) is 6.61 Å². The first-order valence-corrected chi connectivity index (χ1v) is 7.57. The molecule has 3 nitrogen and oxygen atoms in total. The Kier molecular flexibility index (Phi) is 3.80. The predicted octanol–water partition coefficient (Wildman–Crippen LogP) is 4.82. The van der Waals surface area contributed by atoms with Crippen molar-refractivity contribution < 1.29 is 9.84 Å². The average Bonchev–Trinajstić information content (AvgIpc) is 2.84. The number of phenols is 1. The fourth-order valence-corrected chi connectivity index (χ4v) is 2.87. The van der Waals surface area contributed by atoms with Crippen LogP contribution in [0.25, 0.3) is 10.9 Å². The standard InChI is InChI=1S/C19H21NO2/c1-13(2)20-16(10-15-11-17(21)8-9-18(15)20)12-22-19-7-5-4-6-14(19)3/h4-11,13,21H,12H2,1-3H3. The van der Waals surface area contributed by atoms with E-state index in [2.05, 4.69) is 24.5 Å². The van der Waals surface area contributed by atoms with Crippen LogP contribution in [-0.4, -0.2) is 9.67 Å². The number of nitrogens with zero attached hydrogens (tertiary/aromatic N) is 1. The van der Waals surface area contributed by atoms with Crippen LogP contribution >= 0.6 is 0 Å². The number of aromatic nitrogens is 1. The number of aryl methyl sites for hydroxylation is 1. The van der Waals surface area contributed by atoms with Gasteiger partial charge in [0.25, 0.3) is 0 Å². The van der Waals surface area contributed by atoms with E-state index in [-0.39, 0.29) is 0 Å². The molecule has 2 aromatic carbocycles. The Hall–Kier alpha value is -2.42. The number of ether oxygens (including phenoxy) is 1. The van der Waals surface area contributed by atoms with Crippen LogP contribution in [0.3, 0.4) is 0 Å². The van der Waals surface area contributed by atoms with E-state index < -0.39 is 0 Å². The average molecular weight is 295 g/mol. The molecule has 0 saturated heterocycles. The maximum Gasteiger partial charge on any atom is 0.128 e. The van der Waals surface area contributed by atoms with E-state index in [0.29, 0.717) is 18.4 Å². The highest BCUT2D eigenvalue weighted by Crippen LogP contribution is 2.28. The minimum absolute atomic E-state index is 0.291. The van der Waals surface area contributed by atoms with E-state index in [9.17, 15) is 5.11 Å². The van der Waals surface area contributed by atoms with Crippen molar-refractivity contribution in [3.05, 3.63) is 59.8 Å². The molecule has 0 aliphatic carbocycles. The summed E-state index contributed by atoms with van der Waals surface area (Å²) < 4.78 is 8.25. The van der Waals surface area contributed by atoms with Gasteiger partial charge in [-0.3, -0.25) is 0 Å². The summed E-state index contributed by atoms with van der Waals surface area (Å²) >= 11 is 0. The van der Waals surface area contributed by atoms with Gasteiger partial charge in [0.2, 0.25) is 0 Å². The molecule has 0 radical (unpaired) electrons. The Bertz CT molecular complexity index is 802. The summed E-state index contributed by atoms with van der Waals surface area (Å²) in [5, 5.41) is 10.7. The molecule has 22 heavy (non-hydrogen) atoms. The van der Waals surface area contributed by atoms with Gasteiger partial charge in [0.05, 0.1) is 5.69 Å². The second-order valence-corrected chi connectivity index (χ2v) is 5.90. The number of benzene rings is 2. The molecule has 0 bridgehead atoms. The molecule has 0 atom stereocenters. The van der Waals surface area contributed by atoms with Crippen molar-refractivity contribution in [2.24, 2.45) is 0 Å². The zero-order chi connectivity index (χ0) is 15.7. The number of aromatic hydroxyl groups is 1. The number of hydrogen-bond donors (Lipinski definition) is 1. The molecule has 0 amide bonds. The lowest BCUT2D eigenvalue weighted by atomic mass is 10.2. The molecule has 0 aliphatic rings. The van der Waals surface area contributed by atoms with Crippen molar-refractivity contribution in [2.75, 3.05) is 0 Å². The van der Waals surface area contributed by atoms with Crippen LogP contribution in [0.15, 0.2) is 48.5 Å². The van der Waals surface area contributed by atoms with E-state index >= 15 is 0 Å². The lowest BCUT2D eigenvalue weighted by Crippen LogP contribution is -2.08. The summed E-state index contributed by atoms with van der Waals surface area (Å²) in [7, 11) is 0. The maximum atomic E-state index is 9.67. The molecule has 1 heterocycles. The first-order valence-electron chi connectivity index (χ1n) is 7.57. The number of hydrogen-bond acceptors (Lipinski definition) is 2. The van der Waals surface area contributed by atoms with Crippen LogP contribution in [0, 0.1) is 6.92 Å². The topological polar surface area (TPSA) is 34.4 Å². The van der Waals surface area contributed by atoms with Crippen molar-refractivity contribution in [1.29, 1.82) is 0 Å². The van der Waals surface area contributed by atoms with Gasteiger partial charge in [-0.25, -0.2) is 0 Å². The van der Waals surface area contributed by atoms with Crippen LogP contribution in [0.5, 0.6) is 11.5 Å². The van der Waals surface area contributed by atoms with Crippen molar-refractivity contribution >= 4 is 10.9 Å². The Morgan fingerprint density at radius 1 is 1.09 bits per heavy atom. The van der Waals surface area contributed by atoms with E-state index in [4.69, 9.17) is 4.74 Å². The Morgan fingerprint density at radius 2 is 1.86 bits per heavy atom. The number of para-hydroxylation sites is 1. The molecule has 0 saturated carbocycles. The van der Waals surface area contributed by atoms with E-state index in [1.54, 1.807) is 12.1 Å². The van der Waals surface area contributed by atoms with Crippen LogP contribution < -0.4 is 4.74 Å². The van der Waals surface area contributed by atoms with Crippen molar-refractivity contribution in [1.82, 2.24) is 4.57 Å². The molecule has 3 heteroatoms. The summed E-state index contributed by atoms with van der Waals surface area (Å²) in [6, 6.07) is 15.9. The van der Waals surface area contributed by atoms with Gasteiger partial charge in [-0.2, -0.15) is 0 Å². The van der Waals surface area contributed by atoms with E-state index in [1.165, 1.54) is 0 Å². The second-order valence-electron chi connectivity index (χ2n) is 5.90. The second kappa shape index (κ2) is 5.76. The minimum atomic E-state index is 0.291. The molecule has 0 unspecified atom stereocenters. The predicted molar refractivity (Wildman–Crippen MR) is 89.5 cm³/mol. The van der Waals surface area contributed by atoms with Gasteiger partial charge in [-0.15, -0.1) is 0 Å². The minimum Gasteiger partial charge on any atom is -0.508 e. The van der Waals surface area contributed by atoms with Gasteiger partial charge < -0.3 is 14.4 Å². The molecule has 1 N–H and O–H groups in total. The smallest absolute Gasteiger partial charge is 0.128 e. The summed E-state index contributed by atoms with van der Waals surface area (Å²) in [5.41, 5.74) is 3.36. The molecule has 0 fully saturated rings. The van der Waals surface area contributed by atoms with Gasteiger partial charge in [-0.05, 0) is 56.7 Å². The van der Waals surface area contributed by atoms with Crippen molar-refractivity contribution in [3.8, 4) is 11.5 Å². The Balaban J connectivity index is 1.96. The highest BCUT2D eigenvalue weighted by molar-refractivity contribution is 5.83. The number of fused-ring (bicyclic) bond motifs is 1. The van der Waals surface area contributed by atoms with Crippen molar-refractivity contribution in [2.45, 2.75) is 33.4 Å². The molecule has 0 spiro atoms. The van der Waals surface area contributed by atoms with Crippen LogP contribution in [0.4, 0.5) is 0 Å². The van der Waals surface area contributed by atoms with Gasteiger partial charge in [0, 0.05) is 16.9 Å². The number of rotatable bonds is 4. The zero-order valence-corrected chi connectivity index (χ0v) is 13.2. The maximum absolute atomic E-state index is 9.67. The highest BCUT2D eigenvalue weighted by atomic mass is 16.5. The summed E-state index contributed by atoms with van der Waals surface area (Å²) in [6.07, 6.45) is 0. The van der Waals surface area contributed by atoms with Gasteiger partial charge >= 0.3 is 0 Å². The quantitative estimate of drug-likeness (QED) is 0.749. The summed E-state index contributed by atoms with van der Waals surface area (Å²) in [4.78, 5) is 0. The number of phenolic OH excluding ortho intramolecular Hbond substituents is 1. The lowest BCUT2D eigenvalue weighted by molar-refractivity contribution is 0.291. The largest absolute Gasteiger partial charge is 0.508 e. The van der Waals surface area contributed by atoms with Crippen LogP contribution in [0.1, 0.15) is 31.1 Å². The normalized spacial score (nSPS) is 11.3. The van der Waals surface area contributed by atoms with E-state index in [0.717, 1.165) is 27.9 Å². The summed E-state index contributed by atoms with van der Waals surface area (Å²) in [5.74, 6) is 1.20. The monoisotopic (exact) mass is 295 g/mol. The van der Waals surface area contributed by atoms with Gasteiger partial charge in [-0.1, -0.05) is 18.2 Å². The third-order valence-electron chi connectivity index (χ3n) is 3.89. The Morgan fingerprint density at radius 3 is 2.59 bits per heavy atom. The lowest BCUT2D eigenvalue weighted by Gasteiger charge is -2.16. The third kappa shape index (κ3) is 2.67. The fraction of sp³-hybridized carbons (Fsp3) is 0.263. The molecule has 1 aromatic heterocycles. The van der Waals surface area contributed by atoms with Crippen molar-refractivity contribution in [3.63, 3.8) is 0 Å². The van der Waals surface area contributed by atoms with Crippen LogP contribution in [0.2, 0.25) is 0 Å². The first-order chi connectivity index (χ1) is 10.6. The summed E-state index contributed by atoms with van der Waals surface area (Å²) in [6.45, 7) is 6.87. The molecular weight excluding hydrogens is 274 g/mol. The van der Waals surface area contributed by atoms with E-state index in [1.807, 2.05) is 37.3 Å².